The second kappa shape index (κ2) is 38.3. The van der Waals surface area contributed by atoms with Crippen LogP contribution in [0.15, 0.2) is 109 Å². The molecule has 0 radical (unpaired) electrons. The van der Waals surface area contributed by atoms with Crippen molar-refractivity contribution in [1.82, 2.24) is 42.1 Å². The average Bonchev–Trinajstić information content (AvgIpc) is 1.54. The van der Waals surface area contributed by atoms with Crippen LogP contribution in [0.3, 0.4) is 0 Å². The van der Waals surface area contributed by atoms with Gasteiger partial charge >= 0.3 is 0 Å². The lowest BCUT2D eigenvalue weighted by molar-refractivity contribution is -0.438. The Morgan fingerprint density at radius 3 is 1.77 bits per heavy atom. The molecule has 3 aliphatic heterocycles. The number of unbranched alkanes of at least 4 members (excludes halogenated alkanes) is 2. The molecule has 0 saturated carbocycles. The predicted molar refractivity (Wildman–Crippen MR) is 426 cm³/mol. The number of fused-ring (bicyclic) bond motifs is 6. The number of nitrogens with zero attached hydrogens (tertiary/aromatic N) is 4. The van der Waals surface area contributed by atoms with Crippen LogP contribution in [0.5, 0.6) is 0 Å². The van der Waals surface area contributed by atoms with Crippen molar-refractivity contribution in [2.75, 3.05) is 63.1 Å². The number of anilines is 1. The monoisotopic (exact) mass is 1690 g/mol. The number of carbonyl (C=O) groups excluding carboxylic acids is 9. The fourth-order valence-corrected chi connectivity index (χ4v) is 17.3. The molecule has 0 bridgehead atoms. The highest BCUT2D eigenvalue weighted by atomic mass is 32.2. The number of allylic oxidation sites excluding steroid dienone is 6. The lowest BCUT2D eigenvalue weighted by Crippen LogP contribution is -2.58. The first-order chi connectivity index (χ1) is 53.1. The van der Waals surface area contributed by atoms with Crippen molar-refractivity contribution in [2.24, 2.45) is 34.0 Å². The highest BCUT2D eigenvalue weighted by Gasteiger charge is 2.47. The Morgan fingerprint density at radius 1 is 0.632 bits per heavy atom. The summed E-state index contributed by atoms with van der Waals surface area (Å²) < 4.78 is 144. The Bertz CT molecular complexity index is 5060. The third kappa shape index (κ3) is 23.0. The van der Waals surface area contributed by atoms with E-state index in [-0.39, 0.29) is 110 Å². The van der Waals surface area contributed by atoms with Crippen LogP contribution in [0, 0.1) is 11.8 Å². The normalized spacial score (nSPS) is 16.9. The minimum Gasteiger partial charge on any atom is -0.396 e. The van der Waals surface area contributed by atoms with E-state index in [1.807, 2.05) is 9.48 Å². The molecule has 36 nitrogen and oxygen atoms in total. The summed E-state index contributed by atoms with van der Waals surface area (Å²) in [6, 6.07) is 3.72. The molecule has 624 valence electrons. The molecule has 18 N–H and O–H groups in total. The van der Waals surface area contributed by atoms with Gasteiger partial charge in [0.1, 0.15) is 40.0 Å². The highest BCUT2D eigenvalue weighted by molar-refractivity contribution is 7.87. The molecule has 0 unspecified atom stereocenters. The molecule has 1 fully saturated rings. The first-order valence-corrected chi connectivity index (χ1v) is 43.0. The smallest absolute Gasteiger partial charge is 0.295 e. The summed E-state index contributed by atoms with van der Waals surface area (Å²) in [6.45, 7) is 12.8. The van der Waals surface area contributed by atoms with E-state index in [0.717, 1.165) is 12.1 Å². The van der Waals surface area contributed by atoms with E-state index >= 15 is 0 Å². The van der Waals surface area contributed by atoms with Gasteiger partial charge in [-0.2, -0.15) is 50.9 Å². The highest BCUT2D eigenvalue weighted by Crippen LogP contribution is 2.52. The molecule has 0 spiro atoms. The molecule has 0 aromatic heterocycles. The summed E-state index contributed by atoms with van der Waals surface area (Å²) in [5.74, 6) is -7.57. The average molecular weight is 1690 g/mol. The molecule has 3 aliphatic rings. The summed E-state index contributed by atoms with van der Waals surface area (Å²) in [5, 5.41) is 27.8. The van der Waals surface area contributed by atoms with Gasteiger partial charge in [0, 0.05) is 90.1 Å². The van der Waals surface area contributed by atoms with Gasteiger partial charge in [0.15, 0.2) is 18.2 Å². The van der Waals surface area contributed by atoms with Gasteiger partial charge in [-0.3, -0.25) is 66.4 Å². The Kier molecular flexibility index (Phi) is 30.8. The number of nitrogens with one attached hydrogen (secondary N) is 7. The topological polar surface area (TPSA) is 575 Å². The lowest BCUT2D eigenvalue weighted by Gasteiger charge is -2.27. The first-order valence-electron chi connectivity index (χ1n) is 36.6. The molecule has 9 amide bonds. The standard InChI is InChI=1S/C73H100N14O22S5/c1-41(2)32-50(68(95)80-38-61(91)84-65(42(3)4)70(97)82-49(18-15-27-77-71(75)76)67(94)79-37-60(90)81-51(40-110)66(74)93)83-69(96)54-19-16-29-87(54)62(92)39-78-59(89)22-13-10-14-28-85-52-25-23-45-47(33-43(111(98,99)100)35-55(45)113(104,105)106)63(52)72(5,6)57(85)20-11-9-12-21-58-73(7,8)64-48-34-44(112(101,102)103)36-56(114(107,108)109)46(48)24-26-53(64)86(58)30-17-31-88/h9,11-12,20-21,23-26,33-36,41-42,49-51,54,65,88H,10,13-19,22,27-32,37-40H2,1-8H3,(H17-,74,75,76,77,78,79,80,81,82,83,84,89,90,91,93,94,95,96,97,98,99,100,101,102,103,104,105,106,107,108,109,110)/p+1/t49-,50-,51-,54-,65-/m0/s1. The number of carbonyl (C=O) groups is 9. The van der Waals surface area contributed by atoms with Crippen molar-refractivity contribution in [2.45, 2.75) is 180 Å². The van der Waals surface area contributed by atoms with Crippen molar-refractivity contribution in [3.63, 3.8) is 0 Å². The van der Waals surface area contributed by atoms with Gasteiger partial charge in [-0.15, -0.1) is 0 Å². The van der Waals surface area contributed by atoms with E-state index in [1.165, 1.54) is 17.0 Å². The van der Waals surface area contributed by atoms with Crippen LogP contribution in [0.4, 0.5) is 11.4 Å². The molecular formula is C73H101N14O22S5+. The summed E-state index contributed by atoms with van der Waals surface area (Å²) in [6.07, 6.45) is 10.9. The van der Waals surface area contributed by atoms with Crippen LogP contribution in [-0.2, 0) is 94.5 Å². The molecule has 114 heavy (non-hydrogen) atoms. The number of hydrogen-bond acceptors (Lipinski definition) is 21. The Balaban J connectivity index is 1.00. The van der Waals surface area contributed by atoms with Gasteiger partial charge in [-0.25, -0.2) is 0 Å². The SMILES string of the molecule is CC(C)C[C@H](NC(=O)[C@@H]1CCCN1C(=O)CNC(=O)CCCCCN1C(=CC=CC=CC2=[N+](CCCO)c3ccc4c(S(=O)(=O)O)cc(S(=O)(=O)O)cc4c3C2(C)C)C(C)(C)c2c1ccc1c(S(=O)(=O)O)cc(S(=O)(=O)O)cc21)C(=O)NCC(=O)N[C@H](C(=O)N[C@@H](CCCN=C(N)N)C(=O)NCC(=O)N[C@@H](CS)C(N)=O)C(C)C. The van der Waals surface area contributed by atoms with Gasteiger partial charge in [0.05, 0.1) is 34.8 Å². The second-order valence-corrected chi connectivity index (χ2v) is 35.6. The third-order valence-corrected chi connectivity index (χ3v) is 23.5. The van der Waals surface area contributed by atoms with Gasteiger partial charge in [0.2, 0.25) is 58.9 Å². The molecule has 7 rings (SSSR count). The van der Waals surface area contributed by atoms with Crippen LogP contribution < -0.4 is 59.3 Å². The Labute approximate surface area is 666 Å². The fourth-order valence-electron chi connectivity index (χ4n) is 14.3. The minimum atomic E-state index is -5.09. The minimum absolute atomic E-state index is 0.0186. The van der Waals surface area contributed by atoms with Crippen molar-refractivity contribution < 1.29 is 105 Å². The number of primary amides is 1. The first kappa shape index (κ1) is 91.7. The number of likely N-dealkylation sites (tertiary alicyclic amines) is 1. The largest absolute Gasteiger partial charge is 0.396 e. The van der Waals surface area contributed by atoms with E-state index in [2.05, 4.69) is 54.8 Å². The zero-order valence-corrected chi connectivity index (χ0v) is 68.4. The number of nitrogens with two attached hydrogens (primary N) is 3. The number of benzene rings is 4. The fraction of sp³-hybridized carbons (Fsp3) is 0.493. The van der Waals surface area contributed by atoms with Gasteiger partial charge < -0.3 is 69.3 Å². The lowest BCUT2D eigenvalue weighted by atomic mass is 9.79. The van der Waals surface area contributed by atoms with Crippen molar-refractivity contribution in [3.05, 3.63) is 95.7 Å². The van der Waals surface area contributed by atoms with Crippen molar-refractivity contribution in [3.8, 4) is 0 Å². The quantitative estimate of drug-likeness (QED) is 0.00573. The zero-order valence-electron chi connectivity index (χ0n) is 64.3. The van der Waals surface area contributed by atoms with Gasteiger partial charge in [-0.1, -0.05) is 72.3 Å². The third-order valence-electron chi connectivity index (χ3n) is 19.7. The van der Waals surface area contributed by atoms with Crippen LogP contribution in [0.25, 0.3) is 21.5 Å². The maximum absolute atomic E-state index is 14.0. The number of aliphatic hydroxyl groups excluding tert-OH is 1. The Hall–Kier alpha value is -9.46. The van der Waals surface area contributed by atoms with E-state index in [9.17, 15) is 100 Å². The maximum atomic E-state index is 14.0. The van der Waals surface area contributed by atoms with E-state index < -0.39 is 180 Å². The number of guanidine groups is 1. The summed E-state index contributed by atoms with van der Waals surface area (Å²) in [5.41, 5.74) is 17.2. The summed E-state index contributed by atoms with van der Waals surface area (Å²) >= 11 is 3.98. The van der Waals surface area contributed by atoms with Crippen molar-refractivity contribution in [1.29, 1.82) is 0 Å². The molecule has 4 aromatic carbocycles. The number of aliphatic hydroxyl groups is 1. The number of amides is 9. The summed E-state index contributed by atoms with van der Waals surface area (Å²) in [7, 11) is -20.2. The van der Waals surface area contributed by atoms with E-state index in [0.29, 0.717) is 71.7 Å². The maximum Gasteiger partial charge on any atom is 0.295 e. The molecule has 5 atom stereocenters. The van der Waals surface area contributed by atoms with Gasteiger partial charge in [-0.05, 0) is 129 Å². The second-order valence-electron chi connectivity index (χ2n) is 29.6. The molecule has 4 aromatic rings. The summed E-state index contributed by atoms with van der Waals surface area (Å²) in [4.78, 5) is 124. The van der Waals surface area contributed by atoms with Crippen LogP contribution >= 0.6 is 12.6 Å². The zero-order chi connectivity index (χ0) is 84.9. The van der Waals surface area contributed by atoms with Crippen LogP contribution in [0.2, 0.25) is 0 Å². The van der Waals surface area contributed by atoms with Crippen LogP contribution in [0.1, 0.15) is 131 Å². The number of thiol groups is 1. The van der Waals surface area contributed by atoms with Gasteiger partial charge in [0.25, 0.3) is 40.5 Å². The number of hydrogen-bond donors (Lipinski definition) is 16. The molecule has 3 heterocycles. The van der Waals surface area contributed by atoms with Crippen LogP contribution in [-0.4, -0.2) is 220 Å². The molecule has 41 heteroatoms. The van der Waals surface area contributed by atoms with E-state index in [4.69, 9.17) is 17.2 Å². The molecule has 0 aliphatic carbocycles. The number of aliphatic imine (C=N–C) groups is 1. The van der Waals surface area contributed by atoms with Crippen molar-refractivity contribution >= 4 is 151 Å². The number of rotatable bonds is 39. The molecule has 1 saturated heterocycles. The predicted octanol–water partition coefficient (Wildman–Crippen LogP) is 1.54. The van der Waals surface area contributed by atoms with E-state index in [1.54, 1.807) is 97.9 Å². The Morgan fingerprint density at radius 2 is 1.22 bits per heavy atom. The molecular weight excluding hydrogens is 1590 g/mol.